The molecule has 0 aliphatic heterocycles. The molecule has 0 atom stereocenters. The van der Waals surface area contributed by atoms with Crippen molar-refractivity contribution in [3.8, 4) is 5.75 Å². The van der Waals surface area contributed by atoms with E-state index in [1.807, 2.05) is 0 Å². The fraction of sp³-hybridized carbons (Fsp3) is 0.250. The van der Waals surface area contributed by atoms with Crippen LogP contribution >= 0.6 is 0 Å². The predicted octanol–water partition coefficient (Wildman–Crippen LogP) is 1.77. The summed E-state index contributed by atoms with van der Waals surface area (Å²) in [5, 5.41) is 0. The Morgan fingerprint density at radius 2 is 1.88 bits per heavy atom. The van der Waals surface area contributed by atoms with Crippen LogP contribution in [0, 0.1) is 5.82 Å². The molecule has 0 saturated carbocycles. The first-order chi connectivity index (χ1) is 7.58. The van der Waals surface area contributed by atoms with Crippen molar-refractivity contribution in [2.45, 2.75) is 12.6 Å². The Labute approximate surface area is 93.8 Å². The summed E-state index contributed by atoms with van der Waals surface area (Å²) in [5.41, 5.74) is -1.03. The van der Waals surface area contributed by atoms with E-state index < -0.39 is 40.1 Å². The summed E-state index contributed by atoms with van der Waals surface area (Å²) < 4.78 is 83.8. The van der Waals surface area contributed by atoms with E-state index in [0.29, 0.717) is 6.07 Å². The third kappa shape index (κ3) is 4.57. The highest BCUT2D eigenvalue weighted by Gasteiger charge is 2.31. The molecule has 0 unspecified atom stereocenters. The van der Waals surface area contributed by atoms with E-state index in [-0.39, 0.29) is 0 Å². The minimum absolute atomic E-state index is 0.700. The van der Waals surface area contributed by atoms with Gasteiger partial charge in [0.15, 0.2) is 0 Å². The minimum atomic E-state index is -5.26. The van der Waals surface area contributed by atoms with Crippen LogP contribution in [0.15, 0.2) is 18.2 Å². The molecule has 0 fully saturated rings. The van der Waals surface area contributed by atoms with Crippen LogP contribution in [-0.2, 0) is 16.8 Å². The van der Waals surface area contributed by atoms with Gasteiger partial charge in [-0.2, -0.15) is 13.2 Å². The topological polar surface area (TPSA) is 66.4 Å². The lowest BCUT2D eigenvalue weighted by molar-refractivity contribution is -0.127. The Hall–Kier alpha value is -1.35. The third-order valence-corrected chi connectivity index (χ3v) is 2.03. The van der Waals surface area contributed by atoms with Gasteiger partial charge in [-0.15, -0.1) is 0 Å². The molecule has 0 aliphatic carbocycles. The summed E-state index contributed by atoms with van der Waals surface area (Å²) in [4.78, 5) is 0. The number of hydrogen-bond donors (Lipinski definition) is 0. The van der Waals surface area contributed by atoms with Crippen LogP contribution in [0.2, 0.25) is 0 Å². The van der Waals surface area contributed by atoms with Crippen LogP contribution in [0.5, 0.6) is 5.75 Å². The monoisotopic (exact) mass is 273 g/mol. The zero-order valence-electron chi connectivity index (χ0n) is 7.99. The molecule has 1 aromatic carbocycles. The van der Waals surface area contributed by atoms with E-state index in [1.165, 1.54) is 0 Å². The van der Waals surface area contributed by atoms with Crippen LogP contribution in [0.3, 0.4) is 0 Å². The summed E-state index contributed by atoms with van der Waals surface area (Å²) in [6, 6.07) is 2.39. The van der Waals surface area contributed by atoms with Crippen molar-refractivity contribution in [2.75, 3.05) is 0 Å². The molecule has 9 heteroatoms. The van der Waals surface area contributed by atoms with Crippen molar-refractivity contribution >= 4 is 10.4 Å². The fourth-order valence-electron chi connectivity index (χ4n) is 1.10. The van der Waals surface area contributed by atoms with Crippen molar-refractivity contribution in [3.05, 3.63) is 29.6 Å². The van der Waals surface area contributed by atoms with Crippen molar-refractivity contribution in [1.82, 2.24) is 0 Å². The molecule has 0 saturated heterocycles. The van der Waals surface area contributed by atoms with Crippen LogP contribution < -0.4 is 4.18 Å². The first-order valence-electron chi connectivity index (χ1n) is 4.08. The number of benzene rings is 1. The molecule has 96 valence electrons. The molecule has 0 radical (unpaired) electrons. The molecule has 0 N–H and O–H groups in total. The van der Waals surface area contributed by atoms with Gasteiger partial charge in [0.2, 0.25) is 0 Å². The first-order valence-corrected chi connectivity index (χ1v) is 5.41. The maximum atomic E-state index is 13.1. The summed E-state index contributed by atoms with van der Waals surface area (Å²) in [7, 11) is -5.26. The zero-order valence-corrected chi connectivity index (χ0v) is 8.81. The number of alkyl halides is 3. The normalized spacial score (nSPS) is 12.5. The molecule has 0 aliphatic rings. The average Bonchev–Trinajstić information content (AvgIpc) is 2.07. The average molecular weight is 273 g/mol. The molecule has 0 aromatic heterocycles. The van der Waals surface area contributed by atoms with Crippen LogP contribution in [0.4, 0.5) is 17.6 Å². The first kappa shape index (κ1) is 13.7. The Morgan fingerprint density at radius 1 is 1.29 bits per heavy atom. The van der Waals surface area contributed by atoms with Gasteiger partial charge in [-0.25, -0.2) is 12.8 Å². The standard InChI is InChI=1S/C8H6F4O4S/c9-6-2-1-3-7(16-17(13,14)15)5(6)4-8(10,11)12/h1-3H,4H2,(H,13,14,15)/p-1. The Kier molecular flexibility index (Phi) is 3.62. The third-order valence-electron chi connectivity index (χ3n) is 1.64. The Morgan fingerprint density at radius 3 is 2.35 bits per heavy atom. The van der Waals surface area contributed by atoms with E-state index in [2.05, 4.69) is 4.18 Å². The van der Waals surface area contributed by atoms with Crippen molar-refractivity contribution in [2.24, 2.45) is 0 Å². The maximum absolute atomic E-state index is 13.1. The largest absolute Gasteiger partial charge is 0.716 e. The zero-order chi connectivity index (χ0) is 13.3. The smallest absolute Gasteiger partial charge is 0.393 e. The SMILES string of the molecule is O=S(=O)([O-])Oc1cccc(F)c1CC(F)(F)F. The molecule has 1 rings (SSSR count). The fourth-order valence-corrected chi connectivity index (χ4v) is 1.47. The van der Waals surface area contributed by atoms with Gasteiger partial charge >= 0.3 is 6.18 Å². The molecule has 17 heavy (non-hydrogen) atoms. The van der Waals surface area contributed by atoms with Gasteiger partial charge in [-0.05, 0) is 12.1 Å². The summed E-state index contributed by atoms with van der Waals surface area (Å²) in [6.45, 7) is 0. The highest BCUT2D eigenvalue weighted by atomic mass is 32.3. The summed E-state index contributed by atoms with van der Waals surface area (Å²) in [6.07, 6.45) is -6.49. The van der Waals surface area contributed by atoms with Crippen LogP contribution in [-0.4, -0.2) is 19.1 Å². The quantitative estimate of drug-likeness (QED) is 0.478. The van der Waals surface area contributed by atoms with E-state index >= 15 is 0 Å². The van der Waals surface area contributed by atoms with E-state index in [4.69, 9.17) is 0 Å². The van der Waals surface area contributed by atoms with Crippen molar-refractivity contribution < 1.29 is 34.7 Å². The second kappa shape index (κ2) is 4.49. The van der Waals surface area contributed by atoms with Crippen molar-refractivity contribution in [1.29, 1.82) is 0 Å². The number of halogens is 4. The molecule has 0 amide bonds. The highest BCUT2D eigenvalue weighted by molar-refractivity contribution is 7.81. The molecular weight excluding hydrogens is 268 g/mol. The highest BCUT2D eigenvalue weighted by Crippen LogP contribution is 2.30. The Balaban J connectivity index is 3.18. The minimum Gasteiger partial charge on any atom is -0.716 e. The number of rotatable bonds is 3. The van der Waals surface area contributed by atoms with Crippen LogP contribution in [0.25, 0.3) is 0 Å². The lowest BCUT2D eigenvalue weighted by atomic mass is 10.1. The van der Waals surface area contributed by atoms with Gasteiger partial charge in [-0.1, -0.05) is 6.07 Å². The summed E-state index contributed by atoms with van der Waals surface area (Å²) in [5.74, 6) is -2.26. The maximum Gasteiger partial charge on any atom is 0.393 e. The Bertz CT molecular complexity index is 509. The van der Waals surface area contributed by atoms with Crippen molar-refractivity contribution in [3.63, 3.8) is 0 Å². The lowest BCUT2D eigenvalue weighted by Crippen LogP contribution is -2.16. The molecule has 0 heterocycles. The predicted molar refractivity (Wildman–Crippen MR) is 46.5 cm³/mol. The van der Waals surface area contributed by atoms with Crippen LogP contribution in [0.1, 0.15) is 5.56 Å². The number of hydrogen-bond acceptors (Lipinski definition) is 4. The second-order valence-corrected chi connectivity index (χ2v) is 3.98. The second-order valence-electron chi connectivity index (χ2n) is 3.00. The van der Waals surface area contributed by atoms with E-state index in [0.717, 1.165) is 12.1 Å². The van der Waals surface area contributed by atoms with Gasteiger partial charge in [0, 0.05) is 5.56 Å². The molecule has 1 aromatic rings. The van der Waals surface area contributed by atoms with E-state index in [9.17, 15) is 30.5 Å². The molecular formula is C8H5F4O4S-. The molecule has 4 nitrogen and oxygen atoms in total. The van der Waals surface area contributed by atoms with Gasteiger partial charge in [0.25, 0.3) is 10.4 Å². The van der Waals surface area contributed by atoms with Gasteiger partial charge < -0.3 is 8.74 Å². The van der Waals surface area contributed by atoms with Gasteiger partial charge in [0.1, 0.15) is 11.6 Å². The lowest BCUT2D eigenvalue weighted by Gasteiger charge is -2.14. The molecule has 0 bridgehead atoms. The summed E-state index contributed by atoms with van der Waals surface area (Å²) >= 11 is 0. The van der Waals surface area contributed by atoms with Gasteiger partial charge in [0.05, 0.1) is 6.42 Å². The molecule has 0 spiro atoms. The van der Waals surface area contributed by atoms with Gasteiger partial charge in [-0.3, -0.25) is 0 Å². The van der Waals surface area contributed by atoms with E-state index in [1.54, 1.807) is 0 Å².